The minimum absolute atomic E-state index is 0.0990. The van der Waals surface area contributed by atoms with Crippen molar-refractivity contribution in [3.8, 4) is 11.5 Å². The molecule has 7 heteroatoms. The lowest BCUT2D eigenvalue weighted by molar-refractivity contribution is 0.170. The third-order valence-corrected chi connectivity index (χ3v) is 6.08. The molecule has 39 heavy (non-hydrogen) atoms. The van der Waals surface area contributed by atoms with Gasteiger partial charge in [-0.25, -0.2) is 9.98 Å². The van der Waals surface area contributed by atoms with E-state index in [0.717, 1.165) is 30.8 Å². The molecule has 3 atom stereocenters. The van der Waals surface area contributed by atoms with Gasteiger partial charge in [-0.2, -0.15) is 0 Å². The van der Waals surface area contributed by atoms with Crippen molar-refractivity contribution < 1.29 is 23.7 Å². The van der Waals surface area contributed by atoms with Gasteiger partial charge in [0.25, 0.3) is 0 Å². The smallest absolute Gasteiger partial charge is 0.209 e. The normalized spacial score (nSPS) is 17.2. The zero-order valence-corrected chi connectivity index (χ0v) is 27.0. The van der Waals surface area contributed by atoms with Crippen molar-refractivity contribution >= 4 is 11.8 Å². The zero-order chi connectivity index (χ0) is 29.8. The number of methoxy groups -OCH3 is 4. The van der Waals surface area contributed by atoms with Gasteiger partial charge >= 0.3 is 0 Å². The Hall–Kier alpha value is -2.28. The van der Waals surface area contributed by atoms with E-state index in [4.69, 9.17) is 33.7 Å². The van der Waals surface area contributed by atoms with E-state index in [2.05, 4.69) is 67.5 Å². The summed E-state index contributed by atoms with van der Waals surface area (Å²) in [5.41, 5.74) is 1.21. The molecule has 0 N–H and O–H groups in total. The van der Waals surface area contributed by atoms with Crippen LogP contribution in [0.1, 0.15) is 86.6 Å². The maximum atomic E-state index is 5.98. The summed E-state index contributed by atoms with van der Waals surface area (Å²) < 4.78 is 27.8. The highest BCUT2D eigenvalue weighted by molar-refractivity contribution is 5.94. The van der Waals surface area contributed by atoms with Crippen LogP contribution in [0.4, 0.5) is 0 Å². The molecule has 1 aromatic rings. The van der Waals surface area contributed by atoms with Crippen LogP contribution in [-0.2, 0) is 20.6 Å². The topological polar surface area (TPSA) is 70.9 Å². The highest BCUT2D eigenvalue weighted by Crippen LogP contribution is 2.32. The molecule has 0 amide bonds. The summed E-state index contributed by atoms with van der Waals surface area (Å²) in [5.74, 6) is 4.02. The second-order valence-electron chi connectivity index (χ2n) is 10.6. The summed E-state index contributed by atoms with van der Waals surface area (Å²) in [5, 5.41) is 0. The number of aliphatic imine (C=N–C) groups is 2. The Bertz CT molecular complexity index is 821. The molecule has 1 heterocycles. The molecule has 226 valence electrons. The summed E-state index contributed by atoms with van der Waals surface area (Å²) in [6.07, 6.45) is 5.06. The molecule has 1 aliphatic heterocycles. The molecule has 0 saturated heterocycles. The first-order chi connectivity index (χ1) is 18.7. The molecule has 0 aromatic heterocycles. The lowest BCUT2D eigenvalue weighted by Gasteiger charge is -2.30. The monoisotopic (exact) mass is 550 g/mol. The van der Waals surface area contributed by atoms with Crippen molar-refractivity contribution in [1.29, 1.82) is 0 Å². The van der Waals surface area contributed by atoms with Gasteiger partial charge in [-0.1, -0.05) is 74.3 Å². The number of hydrogen-bond donors (Lipinski definition) is 0. The number of rotatable bonds is 12. The van der Waals surface area contributed by atoms with Crippen LogP contribution in [0.5, 0.6) is 11.5 Å². The molecule has 2 rings (SSSR count). The van der Waals surface area contributed by atoms with E-state index >= 15 is 0 Å². The van der Waals surface area contributed by atoms with Gasteiger partial charge in [0, 0.05) is 20.1 Å². The summed E-state index contributed by atoms with van der Waals surface area (Å²) in [6.45, 7) is 18.5. The predicted octanol–water partition coefficient (Wildman–Crippen LogP) is 7.64. The Morgan fingerprint density at radius 2 is 1.38 bits per heavy atom. The minimum atomic E-state index is -0.143. The zero-order valence-electron chi connectivity index (χ0n) is 27.0. The van der Waals surface area contributed by atoms with Crippen LogP contribution in [0.15, 0.2) is 28.2 Å². The van der Waals surface area contributed by atoms with Crippen molar-refractivity contribution in [2.24, 2.45) is 27.7 Å². The van der Waals surface area contributed by atoms with Crippen molar-refractivity contribution in [3.63, 3.8) is 0 Å². The number of nitrogens with zero attached hydrogens (tertiary/aromatic N) is 2. The summed E-state index contributed by atoms with van der Waals surface area (Å²) >= 11 is 0. The lowest BCUT2D eigenvalue weighted by atomic mass is 9.83. The van der Waals surface area contributed by atoms with Gasteiger partial charge in [0.2, 0.25) is 11.8 Å². The fourth-order valence-electron chi connectivity index (χ4n) is 4.04. The van der Waals surface area contributed by atoms with Crippen LogP contribution in [0, 0.1) is 17.8 Å². The number of benzene rings is 1. The standard InChI is InChI=1S/C26H42N2O5.2C3H8/c1-17(2)20(16-21-25(31-7)28-24(18(3)4)26(27-21)32-8)14-19-10-11-22(30-6)23(15-19)33-13-9-12-29-5;2*1-3-2/h10-11,15,17-18,20-21,24H,9,12-14,16H2,1-8H3;2*3H2,1-2H3/t20-,21-,24+;;/m0../s1. The average Bonchev–Trinajstić information content (AvgIpc) is 2.91. The van der Waals surface area contributed by atoms with Crippen LogP contribution in [0.3, 0.4) is 0 Å². The Morgan fingerprint density at radius 3 is 1.87 bits per heavy atom. The van der Waals surface area contributed by atoms with Crippen molar-refractivity contribution in [1.82, 2.24) is 0 Å². The lowest BCUT2D eigenvalue weighted by Crippen LogP contribution is -2.38. The maximum Gasteiger partial charge on any atom is 0.209 e. The average molecular weight is 551 g/mol. The van der Waals surface area contributed by atoms with Crippen LogP contribution in [0.2, 0.25) is 0 Å². The first kappa shape index (κ1) is 36.7. The van der Waals surface area contributed by atoms with Gasteiger partial charge in [0.05, 0.1) is 27.9 Å². The van der Waals surface area contributed by atoms with Crippen molar-refractivity contribution in [2.75, 3.05) is 41.7 Å². The highest BCUT2D eigenvalue weighted by Gasteiger charge is 2.33. The molecule has 0 radical (unpaired) electrons. The van der Waals surface area contributed by atoms with Gasteiger partial charge in [-0.05, 0) is 48.3 Å². The summed E-state index contributed by atoms with van der Waals surface area (Å²) in [4.78, 5) is 9.73. The van der Waals surface area contributed by atoms with Crippen molar-refractivity contribution in [2.45, 2.75) is 99.6 Å². The minimum Gasteiger partial charge on any atom is -0.493 e. The molecule has 0 bridgehead atoms. The van der Waals surface area contributed by atoms with E-state index in [9.17, 15) is 0 Å². The van der Waals surface area contributed by atoms with E-state index in [0.29, 0.717) is 36.8 Å². The largest absolute Gasteiger partial charge is 0.493 e. The molecule has 0 spiro atoms. The van der Waals surface area contributed by atoms with Crippen LogP contribution in [0.25, 0.3) is 0 Å². The number of ether oxygens (including phenoxy) is 5. The SMILES string of the molecule is CCC.CCC.COCCCOc1cc(C[C@@H](C[C@@H]2N=C(OC)[C@@H](C(C)C)N=C2OC)C(C)C)ccc1OC. The van der Waals surface area contributed by atoms with E-state index < -0.39 is 0 Å². The molecule has 7 nitrogen and oxygen atoms in total. The fourth-order valence-corrected chi connectivity index (χ4v) is 4.04. The quantitative estimate of drug-likeness (QED) is 0.250. The highest BCUT2D eigenvalue weighted by atomic mass is 16.5. The van der Waals surface area contributed by atoms with E-state index in [1.54, 1.807) is 28.4 Å². The molecule has 0 saturated carbocycles. The molecule has 0 aliphatic carbocycles. The second-order valence-corrected chi connectivity index (χ2v) is 10.6. The van der Waals surface area contributed by atoms with Gasteiger partial charge in [-0.15, -0.1) is 0 Å². The molecular formula is C32H58N2O5. The van der Waals surface area contributed by atoms with Gasteiger partial charge in [0.1, 0.15) is 12.1 Å². The molecule has 1 aromatic carbocycles. The third-order valence-electron chi connectivity index (χ3n) is 6.08. The Morgan fingerprint density at radius 1 is 0.769 bits per heavy atom. The van der Waals surface area contributed by atoms with Gasteiger partial charge in [0.15, 0.2) is 11.5 Å². The third kappa shape index (κ3) is 13.6. The maximum absolute atomic E-state index is 5.98. The Balaban J connectivity index is 0.00000220. The second kappa shape index (κ2) is 21.5. The Kier molecular flexibility index (Phi) is 20.3. The van der Waals surface area contributed by atoms with E-state index in [1.165, 1.54) is 18.4 Å². The van der Waals surface area contributed by atoms with Crippen LogP contribution >= 0.6 is 0 Å². The number of hydrogen-bond acceptors (Lipinski definition) is 7. The van der Waals surface area contributed by atoms with Crippen LogP contribution < -0.4 is 9.47 Å². The molecule has 1 aliphatic rings. The molecule has 0 unspecified atom stereocenters. The van der Waals surface area contributed by atoms with Gasteiger partial charge < -0.3 is 23.7 Å². The molecule has 0 fully saturated rings. The fraction of sp³-hybridized carbons (Fsp3) is 0.750. The molecular weight excluding hydrogens is 492 g/mol. The first-order valence-electron chi connectivity index (χ1n) is 14.7. The van der Waals surface area contributed by atoms with Gasteiger partial charge in [-0.3, -0.25) is 0 Å². The predicted molar refractivity (Wildman–Crippen MR) is 165 cm³/mol. The van der Waals surface area contributed by atoms with E-state index in [1.807, 2.05) is 6.07 Å². The first-order valence-corrected chi connectivity index (χ1v) is 14.7. The summed E-state index contributed by atoms with van der Waals surface area (Å²) in [6, 6.07) is 5.94. The van der Waals surface area contributed by atoms with Crippen LogP contribution in [-0.4, -0.2) is 65.5 Å². The Labute approximate surface area is 239 Å². The van der Waals surface area contributed by atoms with Crippen molar-refractivity contribution in [3.05, 3.63) is 23.8 Å². The summed E-state index contributed by atoms with van der Waals surface area (Å²) in [7, 11) is 6.71. The van der Waals surface area contributed by atoms with E-state index in [-0.39, 0.29) is 18.0 Å².